The molecule has 1 aliphatic rings. The van der Waals surface area contributed by atoms with Crippen LogP contribution in [0.25, 0.3) is 0 Å². The van der Waals surface area contributed by atoms with Gasteiger partial charge in [0.25, 0.3) is 0 Å². The van der Waals surface area contributed by atoms with Gasteiger partial charge in [0.2, 0.25) is 0 Å². The Hall–Kier alpha value is -0.620. The standard InChI is InChI=1S/C12H16ClNO3S/c1-18(16,17)11-10(12(11,6-14)7-15)8-3-2-4-9(13)5-8/h2-5,10-11,15H,6-7,14H2,1H3/t10-,11+,12+/m0/s1. The molecule has 0 aliphatic heterocycles. The Morgan fingerprint density at radius 3 is 2.56 bits per heavy atom. The van der Waals surface area contributed by atoms with Gasteiger partial charge in [-0.25, -0.2) is 8.42 Å². The Morgan fingerprint density at radius 2 is 2.17 bits per heavy atom. The van der Waals surface area contributed by atoms with Crippen LogP contribution in [-0.2, 0) is 9.84 Å². The Bertz CT molecular complexity index is 554. The van der Waals surface area contributed by atoms with Gasteiger partial charge in [0, 0.05) is 29.2 Å². The smallest absolute Gasteiger partial charge is 0.151 e. The van der Waals surface area contributed by atoms with E-state index in [9.17, 15) is 13.5 Å². The summed E-state index contributed by atoms with van der Waals surface area (Å²) in [6.07, 6.45) is 1.18. The van der Waals surface area contributed by atoms with Crippen molar-refractivity contribution in [3.05, 3.63) is 34.9 Å². The summed E-state index contributed by atoms with van der Waals surface area (Å²) in [6, 6.07) is 7.05. The highest BCUT2D eigenvalue weighted by Crippen LogP contribution is 2.62. The molecular weight excluding hydrogens is 274 g/mol. The van der Waals surface area contributed by atoms with Crippen LogP contribution in [0.1, 0.15) is 11.5 Å². The first-order chi connectivity index (χ1) is 8.36. The Labute approximate surface area is 112 Å². The third-order valence-corrected chi connectivity index (χ3v) is 5.62. The fourth-order valence-corrected chi connectivity index (χ4v) is 5.04. The molecule has 0 bridgehead atoms. The highest BCUT2D eigenvalue weighted by Gasteiger charge is 2.68. The SMILES string of the molecule is CS(=O)(=O)[C@@H]1[C@H](c2cccc(Cl)c2)[C@@]1(CN)CO. The average molecular weight is 290 g/mol. The monoisotopic (exact) mass is 289 g/mol. The number of aliphatic hydroxyl groups is 1. The van der Waals surface area contributed by atoms with Crippen LogP contribution >= 0.6 is 11.6 Å². The van der Waals surface area contributed by atoms with Crippen molar-refractivity contribution in [2.24, 2.45) is 11.1 Å². The largest absolute Gasteiger partial charge is 0.396 e. The third kappa shape index (κ3) is 2.05. The lowest BCUT2D eigenvalue weighted by molar-refractivity contribution is 0.212. The maximum Gasteiger partial charge on any atom is 0.151 e. The molecule has 1 saturated carbocycles. The van der Waals surface area contributed by atoms with Crippen LogP contribution < -0.4 is 5.73 Å². The summed E-state index contributed by atoms with van der Waals surface area (Å²) in [5.41, 5.74) is 5.73. The number of hydrogen-bond donors (Lipinski definition) is 2. The van der Waals surface area contributed by atoms with Crippen LogP contribution in [0.5, 0.6) is 0 Å². The van der Waals surface area contributed by atoms with E-state index < -0.39 is 20.5 Å². The zero-order valence-electron chi connectivity index (χ0n) is 10.0. The predicted octanol–water partition coefficient (Wildman–Crippen LogP) is 0.788. The minimum Gasteiger partial charge on any atom is -0.396 e. The number of aliphatic hydroxyl groups excluding tert-OH is 1. The van der Waals surface area contributed by atoms with Crippen LogP contribution in [0, 0.1) is 5.41 Å². The van der Waals surface area contributed by atoms with Gasteiger partial charge in [-0.05, 0) is 17.7 Å². The summed E-state index contributed by atoms with van der Waals surface area (Å²) in [7, 11) is -3.25. The second kappa shape index (κ2) is 4.49. The fraction of sp³-hybridized carbons (Fsp3) is 0.500. The molecule has 0 aromatic heterocycles. The summed E-state index contributed by atoms with van der Waals surface area (Å²) in [4.78, 5) is 0. The molecule has 0 spiro atoms. The molecule has 18 heavy (non-hydrogen) atoms. The molecule has 1 aromatic carbocycles. The molecular formula is C12H16ClNO3S. The highest BCUT2D eigenvalue weighted by atomic mass is 35.5. The van der Waals surface area contributed by atoms with Crippen molar-refractivity contribution in [1.82, 2.24) is 0 Å². The lowest BCUT2D eigenvalue weighted by Gasteiger charge is -2.11. The maximum atomic E-state index is 11.8. The van der Waals surface area contributed by atoms with Crippen molar-refractivity contribution in [3.8, 4) is 0 Å². The van der Waals surface area contributed by atoms with Crippen LogP contribution in [0.3, 0.4) is 0 Å². The molecule has 3 N–H and O–H groups in total. The summed E-state index contributed by atoms with van der Waals surface area (Å²) in [6.45, 7) is -0.100. The van der Waals surface area contributed by atoms with Crippen molar-refractivity contribution >= 4 is 21.4 Å². The quantitative estimate of drug-likeness (QED) is 0.859. The van der Waals surface area contributed by atoms with Gasteiger partial charge in [0.05, 0.1) is 11.9 Å². The van der Waals surface area contributed by atoms with E-state index >= 15 is 0 Å². The topological polar surface area (TPSA) is 80.4 Å². The van der Waals surface area contributed by atoms with E-state index in [0.29, 0.717) is 5.02 Å². The van der Waals surface area contributed by atoms with Crippen LogP contribution in [-0.4, -0.2) is 38.2 Å². The van der Waals surface area contributed by atoms with Crippen molar-refractivity contribution in [3.63, 3.8) is 0 Å². The first-order valence-corrected chi connectivity index (χ1v) is 7.95. The molecule has 0 amide bonds. The van der Waals surface area contributed by atoms with E-state index in [4.69, 9.17) is 17.3 Å². The molecule has 0 saturated heterocycles. The molecule has 6 heteroatoms. The normalized spacial score (nSPS) is 31.3. The van der Waals surface area contributed by atoms with E-state index in [2.05, 4.69) is 0 Å². The summed E-state index contributed by atoms with van der Waals surface area (Å²) < 4.78 is 23.6. The van der Waals surface area contributed by atoms with Crippen LogP contribution in [0.4, 0.5) is 0 Å². The van der Waals surface area contributed by atoms with Crippen molar-refractivity contribution < 1.29 is 13.5 Å². The highest BCUT2D eigenvalue weighted by molar-refractivity contribution is 7.91. The molecule has 1 aromatic rings. The number of sulfone groups is 1. The molecule has 4 nitrogen and oxygen atoms in total. The zero-order chi connectivity index (χ0) is 13.6. The van der Waals surface area contributed by atoms with E-state index in [1.165, 1.54) is 6.26 Å². The summed E-state index contributed by atoms with van der Waals surface area (Å²) in [5.74, 6) is -0.277. The molecule has 3 atom stereocenters. The second-order valence-corrected chi connectivity index (χ2v) is 7.48. The molecule has 0 radical (unpaired) electrons. The molecule has 100 valence electrons. The first-order valence-electron chi connectivity index (χ1n) is 5.62. The van der Waals surface area contributed by atoms with E-state index in [0.717, 1.165) is 5.56 Å². The Kier molecular flexibility index (Phi) is 3.44. The number of nitrogens with two attached hydrogens (primary N) is 1. The van der Waals surface area contributed by atoms with Gasteiger partial charge in [-0.1, -0.05) is 23.7 Å². The van der Waals surface area contributed by atoms with Crippen LogP contribution in [0.15, 0.2) is 24.3 Å². The van der Waals surface area contributed by atoms with Gasteiger partial charge < -0.3 is 10.8 Å². The predicted molar refractivity (Wildman–Crippen MR) is 71.4 cm³/mol. The number of benzene rings is 1. The molecule has 1 fully saturated rings. The fourth-order valence-electron chi connectivity index (χ4n) is 2.83. The van der Waals surface area contributed by atoms with Crippen molar-refractivity contribution in [2.75, 3.05) is 19.4 Å². The molecule has 0 heterocycles. The van der Waals surface area contributed by atoms with Gasteiger partial charge >= 0.3 is 0 Å². The van der Waals surface area contributed by atoms with Gasteiger partial charge in [-0.2, -0.15) is 0 Å². The van der Waals surface area contributed by atoms with E-state index in [1.807, 2.05) is 6.07 Å². The van der Waals surface area contributed by atoms with Gasteiger partial charge in [0.15, 0.2) is 9.84 Å². The van der Waals surface area contributed by atoms with Crippen molar-refractivity contribution in [2.45, 2.75) is 11.2 Å². The minimum atomic E-state index is -3.25. The lowest BCUT2D eigenvalue weighted by atomic mass is 10.0. The summed E-state index contributed by atoms with van der Waals surface area (Å²) >= 11 is 5.91. The zero-order valence-corrected chi connectivity index (χ0v) is 11.6. The second-order valence-electron chi connectivity index (χ2n) is 4.88. The Balaban J connectivity index is 2.45. The van der Waals surface area contributed by atoms with E-state index in [-0.39, 0.29) is 19.1 Å². The molecule has 1 aliphatic carbocycles. The maximum absolute atomic E-state index is 11.8. The first kappa shape index (κ1) is 13.8. The van der Waals surface area contributed by atoms with Crippen LogP contribution in [0.2, 0.25) is 5.02 Å². The Morgan fingerprint density at radius 1 is 1.50 bits per heavy atom. The number of halogens is 1. The third-order valence-electron chi connectivity index (χ3n) is 3.72. The van der Waals surface area contributed by atoms with E-state index in [1.54, 1.807) is 18.2 Å². The minimum absolute atomic E-state index is 0.137. The molecule has 2 rings (SSSR count). The van der Waals surface area contributed by atoms with Gasteiger partial charge in [0.1, 0.15) is 0 Å². The number of hydrogen-bond acceptors (Lipinski definition) is 4. The summed E-state index contributed by atoms with van der Waals surface area (Å²) in [5, 5.41) is 9.44. The number of rotatable bonds is 4. The van der Waals surface area contributed by atoms with Crippen molar-refractivity contribution in [1.29, 1.82) is 0 Å². The van der Waals surface area contributed by atoms with Gasteiger partial charge in [-0.15, -0.1) is 0 Å². The average Bonchev–Trinajstić information content (AvgIpc) is 2.98. The van der Waals surface area contributed by atoms with Gasteiger partial charge in [-0.3, -0.25) is 0 Å². The lowest BCUT2D eigenvalue weighted by Crippen LogP contribution is -2.27. The molecule has 0 unspecified atom stereocenters.